The highest BCUT2D eigenvalue weighted by molar-refractivity contribution is 7.09. The summed E-state index contributed by atoms with van der Waals surface area (Å²) in [5, 5.41) is 12.6. The molecule has 2 nitrogen and oxygen atoms in total. The van der Waals surface area contributed by atoms with E-state index in [-0.39, 0.29) is 5.82 Å². The molecule has 0 amide bonds. The van der Waals surface area contributed by atoms with Crippen molar-refractivity contribution in [2.75, 3.05) is 0 Å². The summed E-state index contributed by atoms with van der Waals surface area (Å²) in [7, 11) is 0. The Kier molecular flexibility index (Phi) is 3.54. The lowest BCUT2D eigenvalue weighted by atomic mass is 10.0. The number of aryl methyl sites for hydroxylation is 2. The van der Waals surface area contributed by atoms with Gasteiger partial charge in [-0.3, -0.25) is 0 Å². The van der Waals surface area contributed by atoms with Crippen LogP contribution < -0.4 is 0 Å². The van der Waals surface area contributed by atoms with E-state index in [1.807, 2.05) is 19.2 Å². The van der Waals surface area contributed by atoms with Crippen LogP contribution in [0.2, 0.25) is 0 Å². The molecule has 0 aliphatic heterocycles. The van der Waals surface area contributed by atoms with Gasteiger partial charge in [-0.05, 0) is 37.1 Å². The van der Waals surface area contributed by atoms with E-state index in [2.05, 4.69) is 4.98 Å². The van der Waals surface area contributed by atoms with Crippen LogP contribution in [0.25, 0.3) is 0 Å². The third-order valence-electron chi connectivity index (χ3n) is 2.65. The van der Waals surface area contributed by atoms with E-state index in [4.69, 9.17) is 0 Å². The standard InChI is InChI=1S/C13H14FNOS/c1-8-3-4-11(14)5-10(8)6-12(16)13-15-9(2)7-17-13/h3-5,7,12,16H,6H2,1-2H3. The monoisotopic (exact) mass is 251 g/mol. The van der Waals surface area contributed by atoms with Gasteiger partial charge in [0.2, 0.25) is 0 Å². The molecular formula is C13H14FNOS. The van der Waals surface area contributed by atoms with Crippen LogP contribution in [-0.2, 0) is 6.42 Å². The summed E-state index contributed by atoms with van der Waals surface area (Å²) in [5.74, 6) is -0.270. The van der Waals surface area contributed by atoms with Gasteiger partial charge < -0.3 is 5.11 Å². The van der Waals surface area contributed by atoms with Crippen LogP contribution in [0.3, 0.4) is 0 Å². The fourth-order valence-corrected chi connectivity index (χ4v) is 2.46. The van der Waals surface area contributed by atoms with Gasteiger partial charge in [0.05, 0.1) is 0 Å². The molecule has 0 aliphatic rings. The first-order valence-corrected chi connectivity index (χ1v) is 6.29. The lowest BCUT2D eigenvalue weighted by molar-refractivity contribution is 0.177. The van der Waals surface area contributed by atoms with Crippen molar-refractivity contribution < 1.29 is 9.50 Å². The number of aromatic nitrogens is 1. The SMILES string of the molecule is Cc1csc(C(O)Cc2cc(F)ccc2C)n1. The Labute approximate surface area is 104 Å². The highest BCUT2D eigenvalue weighted by Gasteiger charge is 2.13. The van der Waals surface area contributed by atoms with Crippen LogP contribution >= 0.6 is 11.3 Å². The zero-order chi connectivity index (χ0) is 12.4. The lowest BCUT2D eigenvalue weighted by Crippen LogP contribution is -2.03. The van der Waals surface area contributed by atoms with Crippen molar-refractivity contribution in [1.82, 2.24) is 4.98 Å². The Morgan fingerprint density at radius 2 is 2.18 bits per heavy atom. The van der Waals surface area contributed by atoms with E-state index in [1.165, 1.54) is 23.5 Å². The second kappa shape index (κ2) is 4.94. The van der Waals surface area contributed by atoms with Gasteiger partial charge >= 0.3 is 0 Å². The van der Waals surface area contributed by atoms with Gasteiger partial charge in [0.1, 0.15) is 16.9 Å². The molecule has 0 saturated heterocycles. The molecule has 0 spiro atoms. The molecule has 0 aliphatic carbocycles. The van der Waals surface area contributed by atoms with Crippen molar-refractivity contribution >= 4 is 11.3 Å². The summed E-state index contributed by atoms with van der Waals surface area (Å²) >= 11 is 1.43. The maximum absolute atomic E-state index is 13.1. The minimum absolute atomic E-state index is 0.270. The molecule has 90 valence electrons. The first kappa shape index (κ1) is 12.2. The topological polar surface area (TPSA) is 33.1 Å². The minimum Gasteiger partial charge on any atom is -0.386 e. The third-order valence-corrected chi connectivity index (χ3v) is 3.71. The Bertz CT molecular complexity index is 524. The molecule has 4 heteroatoms. The van der Waals surface area contributed by atoms with E-state index in [1.54, 1.807) is 6.07 Å². The summed E-state index contributed by atoms with van der Waals surface area (Å²) in [6, 6.07) is 4.63. The number of hydrogen-bond acceptors (Lipinski definition) is 3. The van der Waals surface area contributed by atoms with Crippen molar-refractivity contribution in [3.05, 3.63) is 51.2 Å². The quantitative estimate of drug-likeness (QED) is 0.909. The molecule has 17 heavy (non-hydrogen) atoms. The zero-order valence-corrected chi connectivity index (χ0v) is 10.6. The van der Waals surface area contributed by atoms with Crippen molar-refractivity contribution in [2.45, 2.75) is 26.4 Å². The van der Waals surface area contributed by atoms with Gasteiger partial charge in [0, 0.05) is 17.5 Å². The third kappa shape index (κ3) is 2.90. The van der Waals surface area contributed by atoms with Crippen LogP contribution in [0.4, 0.5) is 4.39 Å². The molecule has 0 bridgehead atoms. The second-order valence-electron chi connectivity index (χ2n) is 4.12. The fraction of sp³-hybridized carbons (Fsp3) is 0.308. The summed E-state index contributed by atoms with van der Waals surface area (Å²) in [6.07, 6.45) is -0.259. The van der Waals surface area contributed by atoms with E-state index in [0.29, 0.717) is 11.4 Å². The molecule has 2 aromatic rings. The Balaban J connectivity index is 2.18. The number of aliphatic hydroxyl groups excluding tert-OH is 1. The van der Waals surface area contributed by atoms with Gasteiger partial charge in [0.25, 0.3) is 0 Å². The molecular weight excluding hydrogens is 237 g/mol. The molecule has 2 rings (SSSR count). The molecule has 0 saturated carbocycles. The molecule has 0 fully saturated rings. The van der Waals surface area contributed by atoms with Crippen LogP contribution in [0, 0.1) is 19.7 Å². The summed E-state index contributed by atoms with van der Waals surface area (Å²) in [4.78, 5) is 4.23. The number of rotatable bonds is 3. The maximum atomic E-state index is 13.1. The smallest absolute Gasteiger partial charge is 0.123 e. The normalized spacial score (nSPS) is 12.7. The van der Waals surface area contributed by atoms with Crippen LogP contribution in [0.5, 0.6) is 0 Å². The van der Waals surface area contributed by atoms with Crippen molar-refractivity contribution in [1.29, 1.82) is 0 Å². The molecule has 1 atom stereocenters. The number of hydrogen-bond donors (Lipinski definition) is 1. The number of thiazole rings is 1. The van der Waals surface area contributed by atoms with Gasteiger partial charge in [-0.1, -0.05) is 6.07 Å². The van der Waals surface area contributed by atoms with Crippen molar-refractivity contribution in [2.24, 2.45) is 0 Å². The minimum atomic E-state index is -0.658. The largest absolute Gasteiger partial charge is 0.386 e. The van der Waals surface area contributed by atoms with E-state index >= 15 is 0 Å². The van der Waals surface area contributed by atoms with Crippen LogP contribution in [0.15, 0.2) is 23.6 Å². The average Bonchev–Trinajstić information content (AvgIpc) is 2.70. The Morgan fingerprint density at radius 1 is 1.41 bits per heavy atom. The molecule has 1 aromatic carbocycles. The summed E-state index contributed by atoms with van der Waals surface area (Å²) < 4.78 is 13.1. The van der Waals surface area contributed by atoms with Crippen LogP contribution in [0.1, 0.15) is 27.9 Å². The molecule has 1 aromatic heterocycles. The van der Waals surface area contributed by atoms with Crippen molar-refractivity contribution in [3.8, 4) is 0 Å². The molecule has 0 radical (unpaired) electrons. The van der Waals surface area contributed by atoms with E-state index < -0.39 is 6.10 Å². The first-order chi connectivity index (χ1) is 8.06. The average molecular weight is 251 g/mol. The predicted octanol–water partition coefficient (Wildman–Crippen LogP) is 3.18. The fourth-order valence-electron chi connectivity index (χ4n) is 1.68. The number of benzene rings is 1. The number of nitrogens with zero attached hydrogens (tertiary/aromatic N) is 1. The summed E-state index contributed by atoms with van der Waals surface area (Å²) in [6.45, 7) is 3.80. The predicted molar refractivity (Wildman–Crippen MR) is 66.7 cm³/mol. The van der Waals surface area contributed by atoms with E-state index in [0.717, 1.165) is 16.8 Å². The maximum Gasteiger partial charge on any atom is 0.123 e. The van der Waals surface area contributed by atoms with Crippen molar-refractivity contribution in [3.63, 3.8) is 0 Å². The van der Waals surface area contributed by atoms with Gasteiger partial charge in [-0.2, -0.15) is 0 Å². The van der Waals surface area contributed by atoms with Gasteiger partial charge in [-0.15, -0.1) is 11.3 Å². The molecule has 1 N–H and O–H groups in total. The highest BCUT2D eigenvalue weighted by Crippen LogP contribution is 2.23. The Morgan fingerprint density at radius 3 is 2.82 bits per heavy atom. The molecule has 1 unspecified atom stereocenters. The molecule has 1 heterocycles. The second-order valence-corrected chi connectivity index (χ2v) is 5.01. The first-order valence-electron chi connectivity index (χ1n) is 5.41. The van der Waals surface area contributed by atoms with Gasteiger partial charge in [-0.25, -0.2) is 9.37 Å². The summed E-state index contributed by atoms with van der Waals surface area (Å²) in [5.41, 5.74) is 2.71. The number of aliphatic hydroxyl groups is 1. The highest BCUT2D eigenvalue weighted by atomic mass is 32.1. The lowest BCUT2D eigenvalue weighted by Gasteiger charge is -2.10. The van der Waals surface area contributed by atoms with Crippen LogP contribution in [-0.4, -0.2) is 10.1 Å². The Hall–Kier alpha value is -1.26. The number of halogens is 1. The van der Waals surface area contributed by atoms with Gasteiger partial charge in [0.15, 0.2) is 0 Å². The zero-order valence-electron chi connectivity index (χ0n) is 9.77. The van der Waals surface area contributed by atoms with E-state index in [9.17, 15) is 9.50 Å².